The standard InChI is InChI=1S/C16H23BrN2O.ClH/c1-11(12-6-4-7-14(17)9-12)19-16(20)10-13-5-2-3-8-15(13)18;/h4,6-7,9,11,13,15H,2-3,5,8,10,18H2,1H3,(H,19,20);1H. The number of carbonyl (C=O) groups excluding carboxylic acids is 1. The zero-order valence-electron chi connectivity index (χ0n) is 12.3. The number of hydrogen-bond acceptors (Lipinski definition) is 2. The van der Waals surface area contributed by atoms with Gasteiger partial charge in [-0.1, -0.05) is 40.9 Å². The molecule has 3 N–H and O–H groups in total. The molecule has 0 radical (unpaired) electrons. The summed E-state index contributed by atoms with van der Waals surface area (Å²) in [6.45, 7) is 2.01. The second kappa shape index (κ2) is 8.76. The van der Waals surface area contributed by atoms with Crippen LogP contribution < -0.4 is 11.1 Å². The molecule has 0 aliphatic heterocycles. The number of benzene rings is 1. The van der Waals surface area contributed by atoms with E-state index in [4.69, 9.17) is 5.73 Å². The SMILES string of the molecule is CC(NC(=O)CC1CCCCC1N)c1cccc(Br)c1.Cl. The zero-order chi connectivity index (χ0) is 14.5. The molecule has 0 bridgehead atoms. The number of amides is 1. The van der Waals surface area contributed by atoms with Crippen LogP contribution in [0.25, 0.3) is 0 Å². The fraction of sp³-hybridized carbons (Fsp3) is 0.562. The Balaban J connectivity index is 0.00000220. The third kappa shape index (κ3) is 5.61. The number of nitrogens with two attached hydrogens (primary N) is 1. The van der Waals surface area contributed by atoms with Gasteiger partial charge in [0.15, 0.2) is 0 Å². The molecule has 5 heteroatoms. The van der Waals surface area contributed by atoms with Crippen LogP contribution in [0.3, 0.4) is 0 Å². The first kappa shape index (κ1) is 18.5. The molecule has 0 heterocycles. The van der Waals surface area contributed by atoms with Gasteiger partial charge < -0.3 is 11.1 Å². The lowest BCUT2D eigenvalue weighted by Gasteiger charge is -2.28. The second-order valence-corrected chi connectivity index (χ2v) is 6.67. The van der Waals surface area contributed by atoms with Gasteiger partial charge in [0.05, 0.1) is 6.04 Å². The average Bonchev–Trinajstić information content (AvgIpc) is 2.41. The van der Waals surface area contributed by atoms with E-state index in [1.54, 1.807) is 0 Å². The summed E-state index contributed by atoms with van der Waals surface area (Å²) < 4.78 is 1.03. The van der Waals surface area contributed by atoms with Gasteiger partial charge in [-0.05, 0) is 43.4 Å². The lowest BCUT2D eigenvalue weighted by molar-refractivity contribution is -0.123. The molecule has 3 atom stereocenters. The summed E-state index contributed by atoms with van der Waals surface area (Å²) in [7, 11) is 0. The molecule has 118 valence electrons. The van der Waals surface area contributed by atoms with E-state index in [9.17, 15) is 4.79 Å². The molecule has 0 aromatic heterocycles. The monoisotopic (exact) mass is 374 g/mol. The van der Waals surface area contributed by atoms with Gasteiger partial charge in [0.1, 0.15) is 0 Å². The molecule has 1 saturated carbocycles. The van der Waals surface area contributed by atoms with Crippen molar-refractivity contribution in [2.24, 2.45) is 11.7 Å². The fourth-order valence-electron chi connectivity index (χ4n) is 2.89. The molecular formula is C16H24BrClN2O. The number of hydrogen-bond donors (Lipinski definition) is 2. The molecule has 1 aliphatic rings. The molecule has 1 aliphatic carbocycles. The Morgan fingerprint density at radius 1 is 1.43 bits per heavy atom. The predicted octanol–water partition coefficient (Wildman–Crippen LogP) is 3.96. The summed E-state index contributed by atoms with van der Waals surface area (Å²) in [5.41, 5.74) is 7.21. The molecule has 21 heavy (non-hydrogen) atoms. The van der Waals surface area contributed by atoms with Gasteiger partial charge in [-0.15, -0.1) is 12.4 Å². The minimum absolute atomic E-state index is 0. The summed E-state index contributed by atoms with van der Waals surface area (Å²) in [6.07, 6.45) is 5.10. The first-order chi connectivity index (χ1) is 9.56. The van der Waals surface area contributed by atoms with Crippen LogP contribution in [0.15, 0.2) is 28.7 Å². The Kier molecular flexibility index (Phi) is 7.71. The molecule has 1 amide bonds. The van der Waals surface area contributed by atoms with Crippen LogP contribution in [-0.2, 0) is 4.79 Å². The lowest BCUT2D eigenvalue weighted by Crippen LogP contribution is -2.37. The average molecular weight is 376 g/mol. The van der Waals surface area contributed by atoms with Crippen molar-refractivity contribution >= 4 is 34.2 Å². The summed E-state index contributed by atoms with van der Waals surface area (Å²) in [5, 5.41) is 3.08. The van der Waals surface area contributed by atoms with Gasteiger partial charge in [-0.3, -0.25) is 4.79 Å². The van der Waals surface area contributed by atoms with Crippen LogP contribution in [0.2, 0.25) is 0 Å². The number of halogens is 2. The highest BCUT2D eigenvalue weighted by atomic mass is 79.9. The molecule has 3 nitrogen and oxygen atoms in total. The van der Waals surface area contributed by atoms with Crippen molar-refractivity contribution < 1.29 is 4.79 Å². The maximum atomic E-state index is 12.1. The smallest absolute Gasteiger partial charge is 0.220 e. The van der Waals surface area contributed by atoms with Gasteiger partial charge in [0.2, 0.25) is 5.91 Å². The predicted molar refractivity (Wildman–Crippen MR) is 92.5 cm³/mol. The van der Waals surface area contributed by atoms with Gasteiger partial charge in [0.25, 0.3) is 0 Å². The number of carbonyl (C=O) groups is 1. The summed E-state index contributed by atoms with van der Waals surface area (Å²) in [5.74, 6) is 0.457. The molecule has 3 unspecified atom stereocenters. The Hall–Kier alpha value is -0.580. The highest BCUT2D eigenvalue weighted by Gasteiger charge is 2.24. The highest BCUT2D eigenvalue weighted by Crippen LogP contribution is 2.26. The maximum Gasteiger partial charge on any atom is 0.220 e. The molecule has 2 rings (SSSR count). The van der Waals surface area contributed by atoms with Crippen molar-refractivity contribution in [1.29, 1.82) is 0 Å². The van der Waals surface area contributed by atoms with Crippen LogP contribution in [0.5, 0.6) is 0 Å². The molecular weight excluding hydrogens is 352 g/mol. The Morgan fingerprint density at radius 3 is 2.81 bits per heavy atom. The summed E-state index contributed by atoms with van der Waals surface area (Å²) in [6, 6.07) is 8.26. The Labute approximate surface area is 141 Å². The van der Waals surface area contributed by atoms with E-state index in [1.165, 1.54) is 12.8 Å². The van der Waals surface area contributed by atoms with Gasteiger partial charge in [0, 0.05) is 16.9 Å². The zero-order valence-corrected chi connectivity index (χ0v) is 14.8. The van der Waals surface area contributed by atoms with Crippen molar-refractivity contribution in [1.82, 2.24) is 5.32 Å². The van der Waals surface area contributed by atoms with Crippen molar-refractivity contribution in [2.75, 3.05) is 0 Å². The van der Waals surface area contributed by atoms with Crippen LogP contribution in [0.1, 0.15) is 50.6 Å². The van der Waals surface area contributed by atoms with Crippen molar-refractivity contribution in [3.63, 3.8) is 0 Å². The second-order valence-electron chi connectivity index (χ2n) is 5.76. The summed E-state index contributed by atoms with van der Waals surface area (Å²) >= 11 is 3.45. The topological polar surface area (TPSA) is 55.1 Å². The Bertz CT molecular complexity index is 469. The van der Waals surface area contributed by atoms with E-state index in [-0.39, 0.29) is 30.4 Å². The molecule has 0 spiro atoms. The normalized spacial score (nSPS) is 23.0. The van der Waals surface area contributed by atoms with Crippen LogP contribution in [-0.4, -0.2) is 11.9 Å². The number of nitrogens with one attached hydrogen (secondary N) is 1. The Morgan fingerprint density at radius 2 is 2.14 bits per heavy atom. The largest absolute Gasteiger partial charge is 0.350 e. The van der Waals surface area contributed by atoms with E-state index in [0.29, 0.717) is 12.3 Å². The van der Waals surface area contributed by atoms with Gasteiger partial charge in [-0.2, -0.15) is 0 Å². The summed E-state index contributed by atoms with van der Waals surface area (Å²) in [4.78, 5) is 12.1. The first-order valence-corrected chi connectivity index (χ1v) is 8.16. The highest BCUT2D eigenvalue weighted by molar-refractivity contribution is 9.10. The van der Waals surface area contributed by atoms with Crippen LogP contribution in [0, 0.1) is 5.92 Å². The molecule has 1 aromatic carbocycles. The molecule has 1 aromatic rings. The minimum atomic E-state index is 0. The van der Waals surface area contributed by atoms with Crippen molar-refractivity contribution in [2.45, 2.75) is 51.1 Å². The molecule has 1 fully saturated rings. The van der Waals surface area contributed by atoms with Crippen LogP contribution in [0.4, 0.5) is 0 Å². The maximum absolute atomic E-state index is 12.1. The quantitative estimate of drug-likeness (QED) is 0.837. The van der Waals surface area contributed by atoms with E-state index < -0.39 is 0 Å². The van der Waals surface area contributed by atoms with E-state index in [0.717, 1.165) is 22.9 Å². The first-order valence-electron chi connectivity index (χ1n) is 7.36. The van der Waals surface area contributed by atoms with Crippen molar-refractivity contribution in [3.05, 3.63) is 34.3 Å². The third-order valence-corrected chi connectivity index (χ3v) is 4.63. The number of rotatable bonds is 4. The van der Waals surface area contributed by atoms with E-state index in [1.807, 2.05) is 31.2 Å². The van der Waals surface area contributed by atoms with Gasteiger partial charge in [-0.25, -0.2) is 0 Å². The lowest BCUT2D eigenvalue weighted by atomic mass is 9.83. The fourth-order valence-corrected chi connectivity index (χ4v) is 3.30. The van der Waals surface area contributed by atoms with Crippen molar-refractivity contribution in [3.8, 4) is 0 Å². The molecule has 0 saturated heterocycles. The third-order valence-electron chi connectivity index (χ3n) is 4.14. The van der Waals surface area contributed by atoms with Gasteiger partial charge >= 0.3 is 0 Å². The van der Waals surface area contributed by atoms with Crippen LogP contribution >= 0.6 is 28.3 Å². The van der Waals surface area contributed by atoms with E-state index >= 15 is 0 Å². The minimum Gasteiger partial charge on any atom is -0.350 e. The van der Waals surface area contributed by atoms with E-state index in [2.05, 4.69) is 21.2 Å².